The highest BCUT2D eigenvalue weighted by atomic mass is 16.1. The lowest BCUT2D eigenvalue weighted by atomic mass is 9.92. The monoisotopic (exact) mass is 455 g/mol. The van der Waals surface area contributed by atoms with Crippen LogP contribution >= 0.6 is 0 Å². The minimum atomic E-state index is -0.0788. The average Bonchev–Trinajstić information content (AvgIpc) is 2.84. The number of hydrogen-bond acceptors (Lipinski definition) is 3. The molecule has 0 saturated carbocycles. The van der Waals surface area contributed by atoms with E-state index >= 15 is 0 Å². The number of piperazine rings is 1. The molecule has 0 radical (unpaired) electrons. The Labute approximate surface area is 204 Å². The Morgan fingerprint density at radius 2 is 1.47 bits per heavy atom. The van der Waals surface area contributed by atoms with Gasteiger partial charge in [0, 0.05) is 49.2 Å². The summed E-state index contributed by atoms with van der Waals surface area (Å²) >= 11 is 0. The molecule has 0 bridgehead atoms. The maximum Gasteiger partial charge on any atom is 0.256 e. The lowest BCUT2D eigenvalue weighted by Crippen LogP contribution is -2.48. The molecule has 1 aliphatic heterocycles. The summed E-state index contributed by atoms with van der Waals surface area (Å²) in [5, 5.41) is 3.11. The third-order valence-corrected chi connectivity index (χ3v) is 6.92. The maximum atomic E-state index is 13.3. The Kier molecular flexibility index (Phi) is 7.38. The summed E-state index contributed by atoms with van der Waals surface area (Å²) in [5.41, 5.74) is 7.19. The summed E-state index contributed by atoms with van der Waals surface area (Å²) in [4.78, 5) is 18.2. The van der Waals surface area contributed by atoms with E-state index in [-0.39, 0.29) is 5.91 Å². The largest absolute Gasteiger partial charge is 0.369 e. The molecule has 0 atom stereocenters. The van der Waals surface area contributed by atoms with Gasteiger partial charge >= 0.3 is 0 Å². The number of aryl methyl sites for hydroxylation is 1. The number of nitrogens with one attached hydrogen (secondary N) is 1. The second-order valence-electron chi connectivity index (χ2n) is 9.89. The summed E-state index contributed by atoms with van der Waals surface area (Å²) < 4.78 is 0. The van der Waals surface area contributed by atoms with Crippen molar-refractivity contribution in [1.82, 2.24) is 4.90 Å². The molecule has 0 aliphatic carbocycles. The fourth-order valence-electron chi connectivity index (χ4n) is 4.73. The molecular formula is C30H37N3O. The Bertz CT molecular complexity index is 1110. The van der Waals surface area contributed by atoms with Gasteiger partial charge in [-0.15, -0.1) is 0 Å². The van der Waals surface area contributed by atoms with Crippen LogP contribution in [0, 0.1) is 6.92 Å². The van der Waals surface area contributed by atoms with Crippen molar-refractivity contribution >= 4 is 17.3 Å². The van der Waals surface area contributed by atoms with Gasteiger partial charge < -0.3 is 10.2 Å². The van der Waals surface area contributed by atoms with Crippen molar-refractivity contribution in [3.05, 3.63) is 83.4 Å². The van der Waals surface area contributed by atoms with Gasteiger partial charge in [-0.05, 0) is 79.3 Å². The Morgan fingerprint density at radius 1 is 0.824 bits per heavy atom. The van der Waals surface area contributed by atoms with E-state index in [0.717, 1.165) is 48.6 Å². The summed E-state index contributed by atoms with van der Waals surface area (Å²) in [6, 6.07) is 23.4. The molecule has 3 aromatic carbocycles. The van der Waals surface area contributed by atoms with E-state index in [9.17, 15) is 4.79 Å². The first-order chi connectivity index (χ1) is 16.3. The molecule has 0 unspecified atom stereocenters. The zero-order valence-corrected chi connectivity index (χ0v) is 21.1. The number of carbonyl (C=O) groups excluding carboxylic acids is 1. The van der Waals surface area contributed by atoms with Gasteiger partial charge in [-0.25, -0.2) is 0 Å². The molecule has 0 spiro atoms. The van der Waals surface area contributed by atoms with E-state index in [2.05, 4.69) is 92.2 Å². The van der Waals surface area contributed by atoms with Crippen LogP contribution in [0.2, 0.25) is 0 Å². The third kappa shape index (κ3) is 5.34. The van der Waals surface area contributed by atoms with Crippen LogP contribution in [0.25, 0.3) is 11.1 Å². The van der Waals surface area contributed by atoms with E-state index in [1.165, 1.54) is 11.3 Å². The van der Waals surface area contributed by atoms with Gasteiger partial charge in [-0.2, -0.15) is 0 Å². The van der Waals surface area contributed by atoms with Crippen LogP contribution in [-0.4, -0.2) is 43.0 Å². The fraction of sp³-hybridized carbons (Fsp3) is 0.367. The number of rotatable bonds is 6. The Morgan fingerprint density at radius 3 is 2.06 bits per heavy atom. The quantitative estimate of drug-likeness (QED) is 0.457. The lowest BCUT2D eigenvalue weighted by Gasteiger charge is -2.38. The van der Waals surface area contributed by atoms with Crippen LogP contribution in [-0.2, 0) is 0 Å². The van der Waals surface area contributed by atoms with Gasteiger partial charge in [-0.1, -0.05) is 50.2 Å². The summed E-state index contributed by atoms with van der Waals surface area (Å²) in [5.74, 6) is 0.403. The number of carbonyl (C=O) groups is 1. The highest BCUT2D eigenvalue weighted by Crippen LogP contribution is 2.30. The first-order valence-corrected chi connectivity index (χ1v) is 12.4. The topological polar surface area (TPSA) is 35.6 Å². The number of anilines is 2. The SMILES string of the molecule is Cc1cccc(C(=O)Nc2ccc(N3CCN(C(C)C)CC3)cc2)c1-c1ccc(C(C)C)cc1. The molecule has 1 aliphatic rings. The highest BCUT2D eigenvalue weighted by molar-refractivity contribution is 6.09. The molecule has 4 nitrogen and oxygen atoms in total. The second kappa shape index (κ2) is 10.4. The van der Waals surface area contributed by atoms with Gasteiger partial charge in [0.15, 0.2) is 0 Å². The fourth-order valence-corrected chi connectivity index (χ4v) is 4.73. The van der Waals surface area contributed by atoms with E-state index in [4.69, 9.17) is 0 Å². The molecule has 4 heteroatoms. The lowest BCUT2D eigenvalue weighted by molar-refractivity contribution is 0.102. The van der Waals surface area contributed by atoms with Gasteiger partial charge in [0.1, 0.15) is 0 Å². The smallest absolute Gasteiger partial charge is 0.256 e. The van der Waals surface area contributed by atoms with E-state index in [1.807, 2.05) is 24.3 Å². The third-order valence-electron chi connectivity index (χ3n) is 6.92. The van der Waals surface area contributed by atoms with Crippen molar-refractivity contribution in [3.8, 4) is 11.1 Å². The molecule has 3 aromatic rings. The molecule has 0 aromatic heterocycles. The van der Waals surface area contributed by atoms with Crippen molar-refractivity contribution in [2.24, 2.45) is 0 Å². The Balaban J connectivity index is 1.49. The van der Waals surface area contributed by atoms with Crippen molar-refractivity contribution < 1.29 is 4.79 Å². The molecule has 1 N–H and O–H groups in total. The molecule has 1 amide bonds. The average molecular weight is 456 g/mol. The Hall–Kier alpha value is -3.11. The van der Waals surface area contributed by atoms with Crippen LogP contribution in [0.15, 0.2) is 66.7 Å². The van der Waals surface area contributed by atoms with Crippen LogP contribution in [0.5, 0.6) is 0 Å². The number of hydrogen-bond donors (Lipinski definition) is 1. The predicted molar refractivity (Wildman–Crippen MR) is 144 cm³/mol. The molecule has 1 saturated heterocycles. The van der Waals surface area contributed by atoms with Crippen molar-refractivity contribution in [1.29, 1.82) is 0 Å². The van der Waals surface area contributed by atoms with E-state index in [0.29, 0.717) is 17.5 Å². The van der Waals surface area contributed by atoms with Crippen LogP contribution < -0.4 is 10.2 Å². The molecule has 4 rings (SSSR count). The van der Waals surface area contributed by atoms with Crippen molar-refractivity contribution in [2.75, 3.05) is 36.4 Å². The molecule has 34 heavy (non-hydrogen) atoms. The van der Waals surface area contributed by atoms with Crippen molar-refractivity contribution in [2.45, 2.75) is 46.6 Å². The minimum Gasteiger partial charge on any atom is -0.369 e. The van der Waals surface area contributed by atoms with Gasteiger partial charge in [-0.3, -0.25) is 9.69 Å². The first-order valence-electron chi connectivity index (χ1n) is 12.4. The normalized spacial score (nSPS) is 14.6. The highest BCUT2D eigenvalue weighted by Gasteiger charge is 2.19. The van der Waals surface area contributed by atoms with Crippen LogP contribution in [0.4, 0.5) is 11.4 Å². The number of benzene rings is 3. The van der Waals surface area contributed by atoms with Crippen LogP contribution in [0.3, 0.4) is 0 Å². The molecular weight excluding hydrogens is 418 g/mol. The first kappa shape index (κ1) is 24.0. The van der Waals surface area contributed by atoms with Gasteiger partial charge in [0.2, 0.25) is 0 Å². The number of nitrogens with zero attached hydrogens (tertiary/aromatic N) is 2. The zero-order chi connectivity index (χ0) is 24.2. The van der Waals surface area contributed by atoms with Gasteiger partial charge in [0.05, 0.1) is 0 Å². The molecule has 178 valence electrons. The van der Waals surface area contributed by atoms with E-state index < -0.39 is 0 Å². The predicted octanol–water partition coefficient (Wildman–Crippen LogP) is 6.57. The summed E-state index contributed by atoms with van der Waals surface area (Å²) in [6.45, 7) is 15.2. The minimum absolute atomic E-state index is 0.0788. The van der Waals surface area contributed by atoms with Gasteiger partial charge in [0.25, 0.3) is 5.91 Å². The van der Waals surface area contributed by atoms with Crippen LogP contribution in [0.1, 0.15) is 55.1 Å². The number of amides is 1. The van der Waals surface area contributed by atoms with Crippen molar-refractivity contribution in [3.63, 3.8) is 0 Å². The summed E-state index contributed by atoms with van der Waals surface area (Å²) in [7, 11) is 0. The molecule has 1 heterocycles. The van der Waals surface area contributed by atoms with E-state index in [1.54, 1.807) is 0 Å². The second-order valence-corrected chi connectivity index (χ2v) is 9.89. The maximum absolute atomic E-state index is 13.3. The summed E-state index contributed by atoms with van der Waals surface area (Å²) in [6.07, 6.45) is 0. The zero-order valence-electron chi connectivity index (χ0n) is 21.1. The molecule has 1 fully saturated rings. The standard InChI is InChI=1S/C30H37N3O/c1-21(2)24-9-11-25(12-10-24)29-23(5)7-6-8-28(29)30(34)31-26-13-15-27(16-14-26)33-19-17-32(18-20-33)22(3)4/h6-16,21-22H,17-20H2,1-5H3,(H,31,34).